The number of rotatable bonds is 4. The highest BCUT2D eigenvalue weighted by atomic mass is 32.2. The molecule has 8 nitrogen and oxygen atoms in total. The van der Waals surface area contributed by atoms with Gasteiger partial charge in [0.1, 0.15) is 0 Å². The molecule has 1 aromatic rings. The molecule has 0 unspecified atom stereocenters. The average molecular weight is 340 g/mol. The van der Waals surface area contributed by atoms with E-state index < -0.39 is 39.8 Å². The van der Waals surface area contributed by atoms with E-state index in [9.17, 15) is 23.1 Å². The van der Waals surface area contributed by atoms with E-state index >= 15 is 0 Å². The summed E-state index contributed by atoms with van der Waals surface area (Å²) in [5.41, 5.74) is 0.370. The van der Waals surface area contributed by atoms with Gasteiger partial charge in [0.2, 0.25) is 15.9 Å². The number of anilines is 1. The van der Waals surface area contributed by atoms with Crippen LogP contribution in [0, 0.1) is 11.8 Å². The number of carbonyl (C=O) groups excluding carboxylic acids is 1. The highest BCUT2D eigenvalue weighted by molar-refractivity contribution is 7.89. The van der Waals surface area contributed by atoms with E-state index in [1.54, 1.807) is 0 Å². The zero-order valence-electron chi connectivity index (χ0n) is 12.0. The van der Waals surface area contributed by atoms with Gasteiger partial charge < -0.3 is 15.2 Å². The van der Waals surface area contributed by atoms with Crippen molar-refractivity contribution in [2.45, 2.75) is 29.9 Å². The predicted octanol–water partition coefficient (Wildman–Crippen LogP) is 0.151. The number of hydrogen-bond donors (Lipinski definition) is 3. The average Bonchev–Trinajstić information content (AvgIpc) is 3.07. The lowest BCUT2D eigenvalue weighted by Crippen LogP contribution is -2.40. The molecule has 0 saturated carbocycles. The van der Waals surface area contributed by atoms with E-state index in [1.807, 2.05) is 0 Å². The topological polar surface area (TPSA) is 136 Å². The molecule has 0 aliphatic carbocycles. The molecule has 1 aromatic carbocycles. The first-order valence-corrected chi connectivity index (χ1v) is 8.64. The van der Waals surface area contributed by atoms with Crippen LogP contribution in [0.1, 0.15) is 12.8 Å². The van der Waals surface area contributed by atoms with Gasteiger partial charge in [-0.15, -0.1) is 0 Å². The molecule has 2 fully saturated rings. The van der Waals surface area contributed by atoms with Crippen LogP contribution in [0.25, 0.3) is 0 Å². The fourth-order valence-electron chi connectivity index (χ4n) is 3.28. The molecule has 0 radical (unpaired) electrons. The molecule has 2 saturated heterocycles. The van der Waals surface area contributed by atoms with Gasteiger partial charge in [-0.25, -0.2) is 13.6 Å². The van der Waals surface area contributed by atoms with Crippen molar-refractivity contribution in [3.05, 3.63) is 24.3 Å². The third kappa shape index (κ3) is 2.94. The first-order chi connectivity index (χ1) is 10.8. The molecule has 2 aliphatic rings. The fraction of sp³-hybridized carbons (Fsp3) is 0.429. The number of ether oxygens (including phenoxy) is 1. The van der Waals surface area contributed by atoms with Crippen LogP contribution in [-0.4, -0.2) is 37.6 Å². The molecule has 2 bridgehead atoms. The zero-order valence-corrected chi connectivity index (χ0v) is 12.8. The number of amides is 1. The third-order valence-electron chi connectivity index (χ3n) is 4.31. The van der Waals surface area contributed by atoms with Crippen LogP contribution in [0.15, 0.2) is 29.2 Å². The zero-order chi connectivity index (χ0) is 16.8. The second-order valence-electron chi connectivity index (χ2n) is 5.74. The summed E-state index contributed by atoms with van der Waals surface area (Å²) in [5.74, 6) is -3.07. The number of aliphatic carboxylic acids is 1. The number of fused-ring (bicyclic) bond motifs is 2. The minimum absolute atomic E-state index is 0.0674. The van der Waals surface area contributed by atoms with E-state index in [1.165, 1.54) is 24.3 Å². The van der Waals surface area contributed by atoms with E-state index in [2.05, 4.69) is 5.32 Å². The molecule has 3 rings (SSSR count). The smallest absolute Gasteiger partial charge is 0.310 e. The molecule has 9 heteroatoms. The predicted molar refractivity (Wildman–Crippen MR) is 79.0 cm³/mol. The van der Waals surface area contributed by atoms with Crippen molar-refractivity contribution in [3.63, 3.8) is 0 Å². The van der Waals surface area contributed by atoms with Gasteiger partial charge in [-0.05, 0) is 37.1 Å². The molecular formula is C14H16N2O6S. The van der Waals surface area contributed by atoms with Crippen LogP contribution in [0.3, 0.4) is 0 Å². The van der Waals surface area contributed by atoms with Crippen LogP contribution in [-0.2, 0) is 24.3 Å². The van der Waals surface area contributed by atoms with Gasteiger partial charge >= 0.3 is 5.97 Å². The number of primary sulfonamides is 1. The Hall–Kier alpha value is -1.97. The lowest BCUT2D eigenvalue weighted by molar-refractivity contribution is -0.147. The number of carboxylic acids is 1. The maximum atomic E-state index is 12.4. The summed E-state index contributed by atoms with van der Waals surface area (Å²) >= 11 is 0. The monoisotopic (exact) mass is 340 g/mol. The van der Waals surface area contributed by atoms with Gasteiger partial charge in [-0.1, -0.05) is 0 Å². The van der Waals surface area contributed by atoms with Gasteiger partial charge in [0.25, 0.3) is 0 Å². The second-order valence-corrected chi connectivity index (χ2v) is 7.30. The van der Waals surface area contributed by atoms with Crippen LogP contribution in [0.2, 0.25) is 0 Å². The Labute approximate surface area is 132 Å². The van der Waals surface area contributed by atoms with Gasteiger partial charge in [-0.2, -0.15) is 0 Å². The molecule has 23 heavy (non-hydrogen) atoms. The van der Waals surface area contributed by atoms with Crippen molar-refractivity contribution in [3.8, 4) is 0 Å². The Morgan fingerprint density at radius 3 is 2.22 bits per heavy atom. The van der Waals surface area contributed by atoms with Crippen LogP contribution >= 0.6 is 0 Å². The summed E-state index contributed by atoms with van der Waals surface area (Å²) in [5, 5.41) is 16.9. The van der Waals surface area contributed by atoms with Crippen molar-refractivity contribution in [1.29, 1.82) is 0 Å². The van der Waals surface area contributed by atoms with Crippen LogP contribution in [0.5, 0.6) is 0 Å². The molecule has 2 aliphatic heterocycles. The number of benzene rings is 1. The first kappa shape index (κ1) is 15.9. The normalized spacial score (nSPS) is 29.4. The van der Waals surface area contributed by atoms with Gasteiger partial charge in [0, 0.05) is 5.69 Å². The molecule has 124 valence electrons. The third-order valence-corrected chi connectivity index (χ3v) is 5.24. The molecule has 0 aromatic heterocycles. The lowest BCUT2D eigenvalue weighted by atomic mass is 9.78. The van der Waals surface area contributed by atoms with Crippen molar-refractivity contribution in [1.82, 2.24) is 0 Å². The number of carbonyl (C=O) groups is 2. The minimum Gasteiger partial charge on any atom is -0.481 e. The summed E-state index contributed by atoms with van der Waals surface area (Å²) in [4.78, 5) is 23.7. The van der Waals surface area contributed by atoms with E-state index in [4.69, 9.17) is 9.88 Å². The van der Waals surface area contributed by atoms with Crippen LogP contribution in [0.4, 0.5) is 5.69 Å². The fourth-order valence-corrected chi connectivity index (χ4v) is 3.79. The van der Waals surface area contributed by atoms with Gasteiger partial charge in [0.05, 0.1) is 28.9 Å². The summed E-state index contributed by atoms with van der Waals surface area (Å²) in [7, 11) is -3.80. The molecule has 1 amide bonds. The van der Waals surface area contributed by atoms with Gasteiger partial charge in [-0.3, -0.25) is 9.59 Å². The molecular weight excluding hydrogens is 324 g/mol. The van der Waals surface area contributed by atoms with Crippen molar-refractivity contribution in [2.24, 2.45) is 17.0 Å². The van der Waals surface area contributed by atoms with Crippen LogP contribution < -0.4 is 10.5 Å². The highest BCUT2D eigenvalue weighted by Crippen LogP contribution is 2.44. The minimum atomic E-state index is -3.80. The number of nitrogens with one attached hydrogen (secondary N) is 1. The van der Waals surface area contributed by atoms with E-state index in [-0.39, 0.29) is 11.0 Å². The Balaban J connectivity index is 1.75. The quantitative estimate of drug-likeness (QED) is 0.714. The van der Waals surface area contributed by atoms with Crippen molar-refractivity contribution >= 4 is 27.6 Å². The Kier molecular flexibility index (Phi) is 3.86. The summed E-state index contributed by atoms with van der Waals surface area (Å²) in [6, 6.07) is 5.36. The maximum Gasteiger partial charge on any atom is 0.310 e. The lowest BCUT2D eigenvalue weighted by Gasteiger charge is -2.23. The molecule has 4 atom stereocenters. The highest BCUT2D eigenvalue weighted by Gasteiger charge is 2.55. The molecule has 0 spiro atoms. The van der Waals surface area contributed by atoms with Gasteiger partial charge in [0.15, 0.2) is 0 Å². The summed E-state index contributed by atoms with van der Waals surface area (Å²) in [6.07, 6.45) is 0.508. The largest absolute Gasteiger partial charge is 0.481 e. The number of hydrogen-bond acceptors (Lipinski definition) is 5. The SMILES string of the molecule is NS(=O)(=O)c1ccc(NC(=O)[C@@H]2[C@@H](C(=O)O)[C@H]3CC[C@@H]2O3)cc1. The Bertz CT molecular complexity index is 745. The number of nitrogens with two attached hydrogens (primary N) is 1. The van der Waals surface area contributed by atoms with Crippen molar-refractivity contribution in [2.75, 3.05) is 5.32 Å². The van der Waals surface area contributed by atoms with E-state index in [0.29, 0.717) is 18.5 Å². The Morgan fingerprint density at radius 2 is 1.70 bits per heavy atom. The number of sulfonamides is 1. The second kappa shape index (κ2) is 5.59. The maximum absolute atomic E-state index is 12.4. The number of carboxylic acid groups (broad SMARTS) is 1. The summed E-state index contributed by atoms with van der Waals surface area (Å²) in [6.45, 7) is 0. The molecule has 4 N–H and O–H groups in total. The summed E-state index contributed by atoms with van der Waals surface area (Å²) < 4.78 is 27.9. The molecule has 2 heterocycles. The van der Waals surface area contributed by atoms with E-state index in [0.717, 1.165) is 0 Å². The first-order valence-electron chi connectivity index (χ1n) is 7.09. The van der Waals surface area contributed by atoms with Crippen molar-refractivity contribution < 1.29 is 27.9 Å². The Morgan fingerprint density at radius 1 is 1.13 bits per heavy atom. The standard InChI is InChI=1S/C14H16N2O6S/c15-23(20,21)8-3-1-7(2-4-8)16-13(17)11-9-5-6-10(22-9)12(11)14(18)19/h1-4,9-12H,5-6H2,(H,16,17)(H,18,19)(H2,15,20,21)/t9-,10+,11-,12-/m0/s1.